The molecular weight excluding hydrogens is 286 g/mol. The Morgan fingerprint density at radius 1 is 1.38 bits per heavy atom. The van der Waals surface area contributed by atoms with Crippen molar-refractivity contribution in [3.8, 4) is 0 Å². The topological polar surface area (TPSA) is 62.3 Å². The lowest BCUT2D eigenvalue weighted by molar-refractivity contribution is 0.399. The van der Waals surface area contributed by atoms with E-state index in [0.29, 0.717) is 24.7 Å². The van der Waals surface area contributed by atoms with Crippen molar-refractivity contribution in [2.24, 2.45) is 5.92 Å². The molecule has 0 bridgehead atoms. The van der Waals surface area contributed by atoms with Gasteiger partial charge in [-0.1, -0.05) is 19.8 Å². The summed E-state index contributed by atoms with van der Waals surface area (Å²) in [6.45, 7) is 3.39. The van der Waals surface area contributed by atoms with Crippen molar-refractivity contribution in [1.82, 2.24) is 9.29 Å². The van der Waals surface area contributed by atoms with Gasteiger partial charge < -0.3 is 5.32 Å². The molecule has 2 heterocycles. The number of nitrogens with zero attached hydrogens (tertiary/aromatic N) is 2. The summed E-state index contributed by atoms with van der Waals surface area (Å²) < 4.78 is 27.2. The first-order valence-corrected chi connectivity index (χ1v) is 9.16. The van der Waals surface area contributed by atoms with Gasteiger partial charge in [0.25, 0.3) is 10.0 Å². The monoisotopic (exact) mass is 311 g/mol. The average molecular weight is 311 g/mol. The zero-order valence-corrected chi connectivity index (χ0v) is 13.7. The highest BCUT2D eigenvalue weighted by atomic mass is 32.2. The summed E-state index contributed by atoms with van der Waals surface area (Å²) in [6.07, 6.45) is 6.91. The molecule has 0 spiro atoms. The van der Waals surface area contributed by atoms with Gasteiger partial charge in [-0.25, -0.2) is 13.4 Å². The van der Waals surface area contributed by atoms with E-state index in [-0.39, 0.29) is 5.03 Å². The Labute approximate surface area is 127 Å². The minimum Gasteiger partial charge on any atom is -0.386 e. The minimum absolute atomic E-state index is 0.140. The van der Waals surface area contributed by atoms with Gasteiger partial charge in [0.15, 0.2) is 5.03 Å². The molecule has 0 aliphatic carbocycles. The smallest absolute Gasteiger partial charge is 0.262 e. The van der Waals surface area contributed by atoms with Crippen molar-refractivity contribution in [3.05, 3.63) is 18.3 Å². The normalized spacial score (nSPS) is 21.0. The van der Waals surface area contributed by atoms with Gasteiger partial charge in [-0.2, -0.15) is 4.31 Å². The van der Waals surface area contributed by atoms with E-state index >= 15 is 0 Å². The third-order valence-corrected chi connectivity index (χ3v) is 5.99. The molecule has 1 fully saturated rings. The van der Waals surface area contributed by atoms with E-state index in [0.717, 1.165) is 19.3 Å². The Hall–Kier alpha value is -1.14. The van der Waals surface area contributed by atoms with E-state index in [2.05, 4.69) is 17.2 Å². The fourth-order valence-corrected chi connectivity index (χ4v) is 4.59. The van der Waals surface area contributed by atoms with Crippen molar-refractivity contribution in [2.45, 2.75) is 44.1 Å². The molecular formula is C15H25N3O2S. The van der Waals surface area contributed by atoms with E-state index in [9.17, 15) is 8.42 Å². The summed E-state index contributed by atoms with van der Waals surface area (Å²) in [7, 11) is -1.79. The fourth-order valence-electron chi connectivity index (χ4n) is 2.99. The zero-order valence-electron chi connectivity index (χ0n) is 12.9. The van der Waals surface area contributed by atoms with Crippen LogP contribution in [0.25, 0.3) is 0 Å². The van der Waals surface area contributed by atoms with E-state index in [1.54, 1.807) is 23.5 Å². The van der Waals surface area contributed by atoms with Gasteiger partial charge in [0.2, 0.25) is 0 Å². The number of sulfonamides is 1. The molecule has 0 amide bonds. The first-order chi connectivity index (χ1) is 10.1. The molecule has 1 aliphatic rings. The van der Waals surface area contributed by atoms with Crippen molar-refractivity contribution in [1.29, 1.82) is 0 Å². The minimum atomic E-state index is -3.51. The maximum Gasteiger partial charge on any atom is 0.262 e. The van der Waals surface area contributed by atoms with Crippen LogP contribution in [0.4, 0.5) is 5.69 Å². The van der Waals surface area contributed by atoms with Crippen molar-refractivity contribution >= 4 is 15.7 Å². The number of nitrogens with one attached hydrogen (secondary N) is 1. The van der Waals surface area contributed by atoms with Crippen LogP contribution in [0, 0.1) is 5.92 Å². The fraction of sp³-hybridized carbons (Fsp3) is 0.667. The summed E-state index contributed by atoms with van der Waals surface area (Å²) in [6, 6.07) is 3.49. The van der Waals surface area contributed by atoms with Crippen LogP contribution in [0.5, 0.6) is 0 Å². The van der Waals surface area contributed by atoms with Crippen LogP contribution in [-0.4, -0.2) is 37.8 Å². The molecule has 1 N–H and O–H groups in total. The molecule has 5 nitrogen and oxygen atoms in total. The van der Waals surface area contributed by atoms with Crippen LogP contribution in [0.15, 0.2) is 23.4 Å². The quantitative estimate of drug-likeness (QED) is 0.908. The summed E-state index contributed by atoms with van der Waals surface area (Å²) in [5.74, 6) is 0.655. The lowest BCUT2D eigenvalue weighted by Crippen LogP contribution is -2.33. The second kappa shape index (κ2) is 7.22. The molecule has 1 aromatic heterocycles. The number of anilines is 1. The van der Waals surface area contributed by atoms with E-state index in [1.165, 1.54) is 19.0 Å². The van der Waals surface area contributed by atoms with E-state index in [1.807, 2.05) is 0 Å². The predicted octanol–water partition coefficient (Wildman–Crippen LogP) is 2.71. The van der Waals surface area contributed by atoms with Crippen molar-refractivity contribution < 1.29 is 8.42 Å². The second-order valence-electron chi connectivity index (χ2n) is 5.60. The Balaban J connectivity index is 2.19. The van der Waals surface area contributed by atoms with Gasteiger partial charge >= 0.3 is 0 Å². The van der Waals surface area contributed by atoms with Crippen molar-refractivity contribution in [2.75, 3.05) is 25.5 Å². The van der Waals surface area contributed by atoms with Gasteiger partial charge in [0.05, 0.1) is 5.69 Å². The average Bonchev–Trinajstić information content (AvgIpc) is 2.74. The SMILES string of the molecule is CCCC1CCCN(S(=O)(=O)c2ncccc2NC)CC1. The first kappa shape index (κ1) is 16.2. The second-order valence-corrected chi connectivity index (χ2v) is 7.45. The van der Waals surface area contributed by atoms with Crippen LogP contribution in [0.2, 0.25) is 0 Å². The number of aromatic nitrogens is 1. The highest BCUT2D eigenvalue weighted by molar-refractivity contribution is 7.89. The third-order valence-electron chi connectivity index (χ3n) is 4.13. The van der Waals surface area contributed by atoms with Gasteiger partial charge in [-0.05, 0) is 37.3 Å². The molecule has 1 aromatic rings. The molecule has 21 heavy (non-hydrogen) atoms. The molecule has 118 valence electrons. The molecule has 2 rings (SSSR count). The Kier molecular flexibility index (Phi) is 5.58. The third kappa shape index (κ3) is 3.74. The highest BCUT2D eigenvalue weighted by Gasteiger charge is 2.30. The maximum absolute atomic E-state index is 12.8. The Bertz CT molecular complexity index is 560. The van der Waals surface area contributed by atoms with Crippen LogP contribution in [0.3, 0.4) is 0 Å². The maximum atomic E-state index is 12.8. The number of hydrogen-bond acceptors (Lipinski definition) is 4. The van der Waals surface area contributed by atoms with E-state index in [4.69, 9.17) is 0 Å². The first-order valence-electron chi connectivity index (χ1n) is 7.72. The van der Waals surface area contributed by atoms with Gasteiger partial charge in [-0.3, -0.25) is 0 Å². The summed E-state index contributed by atoms with van der Waals surface area (Å²) in [5, 5.41) is 3.06. The number of pyridine rings is 1. The Morgan fingerprint density at radius 2 is 2.19 bits per heavy atom. The molecule has 1 unspecified atom stereocenters. The molecule has 1 atom stereocenters. The predicted molar refractivity (Wildman–Crippen MR) is 84.8 cm³/mol. The summed E-state index contributed by atoms with van der Waals surface area (Å²) >= 11 is 0. The van der Waals surface area contributed by atoms with Crippen LogP contribution in [0.1, 0.15) is 39.0 Å². The van der Waals surface area contributed by atoms with E-state index < -0.39 is 10.0 Å². The standard InChI is InChI=1S/C15H25N3O2S/c1-3-6-13-7-5-11-18(12-9-13)21(19,20)15-14(16-2)8-4-10-17-15/h4,8,10,13,16H,3,5-7,9,11-12H2,1-2H3. The lowest BCUT2D eigenvalue weighted by Gasteiger charge is -2.21. The van der Waals surface area contributed by atoms with Crippen LogP contribution < -0.4 is 5.32 Å². The summed E-state index contributed by atoms with van der Waals surface area (Å²) in [5.41, 5.74) is 0.562. The summed E-state index contributed by atoms with van der Waals surface area (Å²) in [4.78, 5) is 4.09. The lowest BCUT2D eigenvalue weighted by atomic mass is 9.96. The largest absolute Gasteiger partial charge is 0.386 e. The molecule has 0 saturated carbocycles. The van der Waals surface area contributed by atoms with Gasteiger partial charge in [0, 0.05) is 26.3 Å². The Morgan fingerprint density at radius 3 is 2.90 bits per heavy atom. The van der Waals surface area contributed by atoms with Gasteiger partial charge in [-0.15, -0.1) is 0 Å². The van der Waals surface area contributed by atoms with Crippen molar-refractivity contribution in [3.63, 3.8) is 0 Å². The highest BCUT2D eigenvalue weighted by Crippen LogP contribution is 2.27. The molecule has 1 aliphatic heterocycles. The zero-order chi connectivity index (χ0) is 15.3. The van der Waals surface area contributed by atoms with Crippen LogP contribution >= 0.6 is 0 Å². The molecule has 0 radical (unpaired) electrons. The molecule has 0 aromatic carbocycles. The molecule has 6 heteroatoms. The molecule has 1 saturated heterocycles. The van der Waals surface area contributed by atoms with Crippen LogP contribution in [-0.2, 0) is 10.0 Å². The number of hydrogen-bond donors (Lipinski definition) is 1. The number of rotatable bonds is 5. The van der Waals surface area contributed by atoms with Gasteiger partial charge in [0.1, 0.15) is 0 Å².